The molecular formula is C16H23N5O2S. The van der Waals surface area contributed by atoms with Crippen molar-refractivity contribution in [2.24, 2.45) is 0 Å². The largest absolute Gasteiger partial charge is 0.464 e. The number of ether oxygens (including phenoxy) is 1. The Morgan fingerprint density at radius 3 is 2.92 bits per heavy atom. The Bertz CT molecular complexity index is 718. The van der Waals surface area contributed by atoms with Gasteiger partial charge in [-0.25, -0.2) is 14.5 Å². The summed E-state index contributed by atoms with van der Waals surface area (Å²) in [5.74, 6) is -0.449. The molecule has 0 N–H and O–H groups in total. The summed E-state index contributed by atoms with van der Waals surface area (Å²) in [5, 5.41) is 9.13. The van der Waals surface area contributed by atoms with E-state index in [9.17, 15) is 4.79 Å². The second-order valence-corrected chi connectivity index (χ2v) is 8.25. The summed E-state index contributed by atoms with van der Waals surface area (Å²) in [6, 6.07) is 0.242. The minimum Gasteiger partial charge on any atom is -0.464 e. The first-order valence-electron chi connectivity index (χ1n) is 8.04. The van der Waals surface area contributed by atoms with Gasteiger partial charge in [-0.3, -0.25) is 4.90 Å². The fraction of sp³-hybridized carbons (Fsp3) is 0.625. The van der Waals surface area contributed by atoms with Crippen LogP contribution in [0, 0.1) is 0 Å². The lowest BCUT2D eigenvalue weighted by Crippen LogP contribution is -2.21. The van der Waals surface area contributed by atoms with Gasteiger partial charge in [0.05, 0.1) is 24.4 Å². The summed E-state index contributed by atoms with van der Waals surface area (Å²) in [6.45, 7) is 9.36. The zero-order valence-corrected chi connectivity index (χ0v) is 15.3. The molecule has 1 atom stereocenters. The minimum atomic E-state index is -0.449. The Kier molecular flexibility index (Phi) is 4.69. The zero-order chi connectivity index (χ0) is 17.3. The van der Waals surface area contributed by atoms with Gasteiger partial charge in [-0.05, 0) is 6.42 Å². The van der Waals surface area contributed by atoms with Gasteiger partial charge in [-0.1, -0.05) is 26.0 Å². The second-order valence-electron chi connectivity index (χ2n) is 7.13. The SMILES string of the molecule is COC(=O)c1cn([C@@H]2CCN(Cc3cnc(C(C)(C)C)s3)C2)nn1. The number of carbonyl (C=O) groups is 1. The minimum absolute atomic E-state index is 0.0987. The van der Waals surface area contributed by atoms with Gasteiger partial charge in [0.2, 0.25) is 0 Å². The van der Waals surface area contributed by atoms with Crippen molar-refractivity contribution in [3.05, 3.63) is 28.0 Å². The molecule has 0 bridgehead atoms. The summed E-state index contributed by atoms with van der Waals surface area (Å²) >= 11 is 1.79. The van der Waals surface area contributed by atoms with Crippen LogP contribution >= 0.6 is 11.3 Å². The number of nitrogens with zero attached hydrogens (tertiary/aromatic N) is 5. The molecule has 8 heteroatoms. The number of aromatic nitrogens is 4. The van der Waals surface area contributed by atoms with Crippen LogP contribution in [-0.4, -0.2) is 51.0 Å². The van der Waals surface area contributed by atoms with Gasteiger partial charge in [0, 0.05) is 36.1 Å². The predicted molar refractivity (Wildman–Crippen MR) is 91.1 cm³/mol. The van der Waals surface area contributed by atoms with Crippen molar-refractivity contribution in [2.45, 2.75) is 45.2 Å². The summed E-state index contributed by atoms with van der Waals surface area (Å²) in [4.78, 5) is 19.7. The molecular weight excluding hydrogens is 326 g/mol. The van der Waals surface area contributed by atoms with Crippen molar-refractivity contribution < 1.29 is 9.53 Å². The number of thiazole rings is 1. The van der Waals surface area contributed by atoms with Crippen molar-refractivity contribution in [2.75, 3.05) is 20.2 Å². The molecule has 0 saturated carbocycles. The molecule has 1 aliphatic heterocycles. The van der Waals surface area contributed by atoms with Crippen LogP contribution in [0.25, 0.3) is 0 Å². The van der Waals surface area contributed by atoms with Crippen LogP contribution in [-0.2, 0) is 16.7 Å². The molecule has 0 spiro atoms. The molecule has 0 aliphatic carbocycles. The molecule has 3 rings (SSSR count). The first kappa shape index (κ1) is 17.0. The van der Waals surface area contributed by atoms with Crippen molar-refractivity contribution in [3.63, 3.8) is 0 Å². The maximum atomic E-state index is 11.5. The number of hydrogen-bond acceptors (Lipinski definition) is 7. The van der Waals surface area contributed by atoms with Crippen LogP contribution in [0.2, 0.25) is 0 Å². The van der Waals surface area contributed by atoms with E-state index < -0.39 is 5.97 Å². The highest BCUT2D eigenvalue weighted by atomic mass is 32.1. The molecule has 3 heterocycles. The Labute approximate surface area is 145 Å². The molecule has 0 radical (unpaired) electrons. The van der Waals surface area contributed by atoms with E-state index in [-0.39, 0.29) is 17.2 Å². The third-order valence-electron chi connectivity index (χ3n) is 4.10. The van der Waals surface area contributed by atoms with Gasteiger partial charge in [-0.15, -0.1) is 16.4 Å². The van der Waals surface area contributed by atoms with Crippen LogP contribution in [0.15, 0.2) is 12.4 Å². The van der Waals surface area contributed by atoms with E-state index in [2.05, 4.69) is 45.7 Å². The zero-order valence-electron chi connectivity index (χ0n) is 14.5. The van der Waals surface area contributed by atoms with Crippen molar-refractivity contribution in [1.82, 2.24) is 24.9 Å². The standard InChI is InChI=1S/C16H23N5O2S/c1-16(2,3)15-17-7-12(24-15)9-20-6-5-11(8-20)21-10-13(18-19-21)14(22)23-4/h7,10-11H,5-6,8-9H2,1-4H3/t11-/m1/s1. The Morgan fingerprint density at radius 1 is 1.46 bits per heavy atom. The van der Waals surface area contributed by atoms with Crippen LogP contribution in [0.1, 0.15) is 53.6 Å². The normalized spacial score (nSPS) is 18.9. The van der Waals surface area contributed by atoms with Crippen molar-refractivity contribution >= 4 is 17.3 Å². The van der Waals surface area contributed by atoms with Gasteiger partial charge < -0.3 is 4.74 Å². The molecule has 7 nitrogen and oxygen atoms in total. The molecule has 1 fully saturated rings. The summed E-state index contributed by atoms with van der Waals surface area (Å²) in [6.07, 6.45) is 4.66. The number of likely N-dealkylation sites (tertiary alicyclic amines) is 1. The highest BCUT2D eigenvalue weighted by Crippen LogP contribution is 2.29. The number of rotatable bonds is 4. The van der Waals surface area contributed by atoms with Crippen LogP contribution in [0.3, 0.4) is 0 Å². The number of esters is 1. The Morgan fingerprint density at radius 2 is 2.25 bits per heavy atom. The summed E-state index contributed by atoms with van der Waals surface area (Å²) < 4.78 is 6.45. The van der Waals surface area contributed by atoms with Gasteiger partial charge in [0.15, 0.2) is 5.69 Å². The molecule has 0 amide bonds. The van der Waals surface area contributed by atoms with Crippen molar-refractivity contribution in [3.8, 4) is 0 Å². The summed E-state index contributed by atoms with van der Waals surface area (Å²) in [7, 11) is 1.35. The van der Waals surface area contributed by atoms with Gasteiger partial charge in [-0.2, -0.15) is 0 Å². The lowest BCUT2D eigenvalue weighted by molar-refractivity contribution is 0.0594. The topological polar surface area (TPSA) is 73.1 Å². The smallest absolute Gasteiger partial charge is 0.360 e. The molecule has 130 valence electrons. The molecule has 1 saturated heterocycles. The van der Waals surface area contributed by atoms with E-state index in [1.807, 2.05) is 6.20 Å². The van der Waals surface area contributed by atoms with Crippen molar-refractivity contribution in [1.29, 1.82) is 0 Å². The monoisotopic (exact) mass is 349 g/mol. The molecule has 24 heavy (non-hydrogen) atoms. The lowest BCUT2D eigenvalue weighted by atomic mass is 9.98. The van der Waals surface area contributed by atoms with E-state index >= 15 is 0 Å². The fourth-order valence-corrected chi connectivity index (χ4v) is 3.79. The van der Waals surface area contributed by atoms with E-state index in [4.69, 9.17) is 0 Å². The van der Waals surface area contributed by atoms with E-state index in [0.717, 1.165) is 26.1 Å². The van der Waals surface area contributed by atoms with Crippen LogP contribution < -0.4 is 0 Å². The van der Waals surface area contributed by atoms with Crippen LogP contribution in [0.4, 0.5) is 0 Å². The summed E-state index contributed by atoms with van der Waals surface area (Å²) in [5.41, 5.74) is 0.356. The Hall–Kier alpha value is -1.80. The Balaban J connectivity index is 1.60. The molecule has 2 aromatic rings. The first-order chi connectivity index (χ1) is 11.4. The highest BCUT2D eigenvalue weighted by Gasteiger charge is 2.27. The average Bonchev–Trinajstić information content (AvgIpc) is 3.25. The molecule has 0 aromatic carbocycles. The van der Waals surface area contributed by atoms with Gasteiger partial charge in [0.25, 0.3) is 0 Å². The number of hydrogen-bond donors (Lipinski definition) is 0. The van der Waals surface area contributed by atoms with Gasteiger partial charge >= 0.3 is 5.97 Å². The maximum Gasteiger partial charge on any atom is 0.360 e. The van der Waals surface area contributed by atoms with E-state index in [0.29, 0.717) is 0 Å². The molecule has 0 unspecified atom stereocenters. The maximum absolute atomic E-state index is 11.5. The van der Waals surface area contributed by atoms with Crippen LogP contribution in [0.5, 0.6) is 0 Å². The fourth-order valence-electron chi connectivity index (χ4n) is 2.77. The highest BCUT2D eigenvalue weighted by molar-refractivity contribution is 7.11. The second kappa shape index (κ2) is 6.60. The first-order valence-corrected chi connectivity index (χ1v) is 8.86. The average molecular weight is 349 g/mol. The number of methoxy groups -OCH3 is 1. The quantitative estimate of drug-likeness (QED) is 0.789. The number of carbonyl (C=O) groups excluding carboxylic acids is 1. The van der Waals surface area contributed by atoms with E-state index in [1.54, 1.807) is 22.2 Å². The third kappa shape index (κ3) is 3.64. The molecule has 2 aromatic heterocycles. The van der Waals surface area contributed by atoms with E-state index in [1.165, 1.54) is 17.0 Å². The molecule has 1 aliphatic rings. The third-order valence-corrected chi connectivity index (χ3v) is 5.51. The lowest BCUT2D eigenvalue weighted by Gasteiger charge is -2.15. The predicted octanol–water partition coefficient (Wildman–Crippen LogP) is 2.27. The van der Waals surface area contributed by atoms with Gasteiger partial charge in [0.1, 0.15) is 0 Å².